The number of hydrogen-bond donors (Lipinski definition) is 1. The smallest absolute Gasteiger partial charge is 0.227 e. The predicted octanol–water partition coefficient (Wildman–Crippen LogP) is 3.41. The molecule has 0 aliphatic carbocycles. The molecule has 1 N–H and O–H groups in total. The molecule has 1 aromatic carbocycles. The molecule has 0 fully saturated rings. The lowest BCUT2D eigenvalue weighted by Gasteiger charge is -2.12. The summed E-state index contributed by atoms with van der Waals surface area (Å²) in [4.78, 5) is 8.15. The highest BCUT2D eigenvalue weighted by Crippen LogP contribution is 2.28. The van der Waals surface area contributed by atoms with Crippen molar-refractivity contribution in [2.45, 2.75) is 20.3 Å². The van der Waals surface area contributed by atoms with Gasteiger partial charge in [-0.15, -0.1) is 0 Å². The quantitative estimate of drug-likeness (QED) is 0.912. The third-order valence-electron chi connectivity index (χ3n) is 2.85. The molecule has 0 bridgehead atoms. The van der Waals surface area contributed by atoms with Gasteiger partial charge >= 0.3 is 0 Å². The maximum atomic E-state index is 13.8. The fourth-order valence-electron chi connectivity index (χ4n) is 1.72. The molecule has 2 aromatic rings. The van der Waals surface area contributed by atoms with E-state index in [1.165, 1.54) is 18.5 Å². The Bertz CT molecular complexity index is 682. The van der Waals surface area contributed by atoms with Crippen LogP contribution in [0.15, 0.2) is 24.5 Å². The molecule has 0 saturated carbocycles. The van der Waals surface area contributed by atoms with E-state index in [0.717, 1.165) is 19.0 Å². The van der Waals surface area contributed by atoms with Crippen molar-refractivity contribution in [2.24, 2.45) is 0 Å². The molecule has 0 atom stereocenters. The topological polar surface area (TPSA) is 70.8 Å². The summed E-state index contributed by atoms with van der Waals surface area (Å²) in [5.41, 5.74) is 0.944. The van der Waals surface area contributed by atoms with E-state index in [0.29, 0.717) is 11.4 Å². The molecule has 0 aliphatic heterocycles. The van der Waals surface area contributed by atoms with E-state index in [1.54, 1.807) is 6.92 Å². The van der Waals surface area contributed by atoms with Gasteiger partial charge in [0.1, 0.15) is 12.1 Å². The molecule has 0 unspecified atom stereocenters. The zero-order chi connectivity index (χ0) is 15.2. The van der Waals surface area contributed by atoms with Gasteiger partial charge in [-0.2, -0.15) is 5.26 Å². The lowest BCUT2D eigenvalue weighted by Crippen LogP contribution is -2.05. The summed E-state index contributed by atoms with van der Waals surface area (Å²) in [5, 5.41) is 11.9. The number of nitrogens with zero attached hydrogens (tertiary/aromatic N) is 3. The van der Waals surface area contributed by atoms with E-state index in [2.05, 4.69) is 15.3 Å². The van der Waals surface area contributed by atoms with Gasteiger partial charge < -0.3 is 10.1 Å². The van der Waals surface area contributed by atoms with Crippen molar-refractivity contribution in [3.63, 3.8) is 0 Å². The van der Waals surface area contributed by atoms with Crippen LogP contribution in [0.2, 0.25) is 0 Å². The summed E-state index contributed by atoms with van der Waals surface area (Å²) in [6.07, 6.45) is 2.33. The summed E-state index contributed by atoms with van der Waals surface area (Å²) >= 11 is 0. The molecule has 0 amide bonds. The highest BCUT2D eigenvalue weighted by molar-refractivity contribution is 5.49. The number of halogens is 1. The van der Waals surface area contributed by atoms with Gasteiger partial charge in [-0.05, 0) is 31.5 Å². The zero-order valence-electron chi connectivity index (χ0n) is 11.9. The van der Waals surface area contributed by atoms with Gasteiger partial charge in [0.15, 0.2) is 11.6 Å². The maximum absolute atomic E-state index is 13.8. The summed E-state index contributed by atoms with van der Waals surface area (Å²) in [7, 11) is 0. The van der Waals surface area contributed by atoms with Gasteiger partial charge in [-0.1, -0.05) is 6.92 Å². The minimum Gasteiger partial charge on any atom is -0.435 e. The van der Waals surface area contributed by atoms with Gasteiger partial charge in [0.25, 0.3) is 0 Å². The van der Waals surface area contributed by atoms with Crippen LogP contribution in [0.25, 0.3) is 0 Å². The van der Waals surface area contributed by atoms with E-state index in [1.807, 2.05) is 13.0 Å². The maximum Gasteiger partial charge on any atom is 0.227 e. The monoisotopic (exact) mass is 286 g/mol. The number of anilines is 1. The Labute approximate surface area is 122 Å². The molecule has 1 heterocycles. The normalized spacial score (nSPS) is 10.0. The van der Waals surface area contributed by atoms with Crippen molar-refractivity contribution in [1.82, 2.24) is 9.97 Å². The van der Waals surface area contributed by atoms with Crippen LogP contribution in [0.5, 0.6) is 11.6 Å². The second-order valence-corrected chi connectivity index (χ2v) is 4.44. The Morgan fingerprint density at radius 1 is 1.38 bits per heavy atom. The minimum atomic E-state index is -0.602. The summed E-state index contributed by atoms with van der Waals surface area (Å²) in [6.45, 7) is 4.63. The minimum absolute atomic E-state index is 0.0252. The number of aromatic nitrogens is 2. The molecule has 1 aromatic heterocycles. The molecule has 2 rings (SSSR count). The van der Waals surface area contributed by atoms with Gasteiger partial charge in [-0.25, -0.2) is 14.4 Å². The van der Waals surface area contributed by atoms with E-state index >= 15 is 0 Å². The van der Waals surface area contributed by atoms with Crippen LogP contribution in [0.3, 0.4) is 0 Å². The number of nitrogens with one attached hydrogen (secondary N) is 1. The Balaban J connectivity index is 2.26. The number of benzene rings is 1. The van der Waals surface area contributed by atoms with Crippen LogP contribution in [0, 0.1) is 24.1 Å². The molecular weight excluding hydrogens is 271 g/mol. The third-order valence-corrected chi connectivity index (χ3v) is 2.85. The van der Waals surface area contributed by atoms with E-state index < -0.39 is 5.82 Å². The molecule has 108 valence electrons. The largest absolute Gasteiger partial charge is 0.435 e. The second kappa shape index (κ2) is 6.66. The summed E-state index contributed by atoms with van der Waals surface area (Å²) in [5.74, 6) is 0.371. The molecule has 6 heteroatoms. The fourth-order valence-corrected chi connectivity index (χ4v) is 1.72. The van der Waals surface area contributed by atoms with Crippen molar-refractivity contribution in [3.05, 3.63) is 41.5 Å². The molecule has 0 saturated heterocycles. The molecule has 0 aliphatic rings. The lowest BCUT2D eigenvalue weighted by molar-refractivity contribution is 0.423. The SMILES string of the molecule is CCCNc1ncnc(Oc2ccc(C#N)cc2F)c1C. The van der Waals surface area contributed by atoms with Crippen LogP contribution < -0.4 is 10.1 Å². The van der Waals surface area contributed by atoms with Crippen LogP contribution in [-0.4, -0.2) is 16.5 Å². The predicted molar refractivity (Wildman–Crippen MR) is 76.7 cm³/mol. The average molecular weight is 286 g/mol. The van der Waals surface area contributed by atoms with Crippen LogP contribution >= 0.6 is 0 Å². The van der Waals surface area contributed by atoms with Crippen LogP contribution in [0.1, 0.15) is 24.5 Å². The van der Waals surface area contributed by atoms with Crippen molar-refractivity contribution < 1.29 is 9.13 Å². The van der Waals surface area contributed by atoms with Crippen LogP contribution in [0.4, 0.5) is 10.2 Å². The first kappa shape index (κ1) is 14.7. The van der Waals surface area contributed by atoms with Gasteiger partial charge in [0, 0.05) is 6.54 Å². The van der Waals surface area contributed by atoms with Crippen molar-refractivity contribution in [3.8, 4) is 17.7 Å². The fraction of sp³-hybridized carbons (Fsp3) is 0.267. The Morgan fingerprint density at radius 2 is 2.19 bits per heavy atom. The van der Waals surface area contributed by atoms with Crippen LogP contribution in [-0.2, 0) is 0 Å². The van der Waals surface area contributed by atoms with E-state index in [-0.39, 0.29) is 17.2 Å². The Morgan fingerprint density at radius 3 is 2.86 bits per heavy atom. The first-order valence-corrected chi connectivity index (χ1v) is 6.58. The Kier molecular flexibility index (Phi) is 4.67. The standard InChI is InChI=1S/C15H15FN4O/c1-3-6-18-14-10(2)15(20-9-19-14)21-13-5-4-11(8-17)7-12(13)16/h4-5,7,9H,3,6H2,1-2H3,(H,18,19,20). The summed E-state index contributed by atoms with van der Waals surface area (Å²) < 4.78 is 19.3. The zero-order valence-corrected chi connectivity index (χ0v) is 11.9. The van der Waals surface area contributed by atoms with E-state index in [9.17, 15) is 4.39 Å². The Hall–Kier alpha value is -2.68. The third kappa shape index (κ3) is 3.45. The average Bonchev–Trinajstić information content (AvgIpc) is 2.50. The highest BCUT2D eigenvalue weighted by Gasteiger charge is 2.12. The first-order chi connectivity index (χ1) is 10.2. The summed E-state index contributed by atoms with van der Waals surface area (Å²) in [6, 6.07) is 5.90. The van der Waals surface area contributed by atoms with Gasteiger partial charge in [0.2, 0.25) is 5.88 Å². The molecule has 0 spiro atoms. The number of hydrogen-bond acceptors (Lipinski definition) is 5. The lowest BCUT2D eigenvalue weighted by atomic mass is 10.2. The molecule has 0 radical (unpaired) electrons. The number of ether oxygens (including phenoxy) is 1. The molecular formula is C15H15FN4O. The van der Waals surface area contributed by atoms with E-state index in [4.69, 9.17) is 10.00 Å². The first-order valence-electron chi connectivity index (χ1n) is 6.58. The molecule has 5 nitrogen and oxygen atoms in total. The molecule has 21 heavy (non-hydrogen) atoms. The van der Waals surface area contributed by atoms with Gasteiger partial charge in [0.05, 0.1) is 17.2 Å². The highest BCUT2D eigenvalue weighted by atomic mass is 19.1. The van der Waals surface area contributed by atoms with Gasteiger partial charge in [-0.3, -0.25) is 0 Å². The number of rotatable bonds is 5. The van der Waals surface area contributed by atoms with Crippen molar-refractivity contribution >= 4 is 5.82 Å². The van der Waals surface area contributed by atoms with Crippen molar-refractivity contribution in [2.75, 3.05) is 11.9 Å². The second-order valence-electron chi connectivity index (χ2n) is 4.44. The number of nitriles is 1. The van der Waals surface area contributed by atoms with Crippen molar-refractivity contribution in [1.29, 1.82) is 5.26 Å².